The van der Waals surface area contributed by atoms with Gasteiger partial charge in [0.2, 0.25) is 5.95 Å². The predicted molar refractivity (Wildman–Crippen MR) is 79.1 cm³/mol. The Labute approximate surface area is 119 Å². The number of nitrogens with zero attached hydrogens (tertiary/aromatic N) is 3. The van der Waals surface area contributed by atoms with Gasteiger partial charge in [-0.15, -0.1) is 0 Å². The molecule has 0 saturated heterocycles. The number of nitrogens with one attached hydrogen (secondary N) is 2. The van der Waals surface area contributed by atoms with Crippen LogP contribution < -0.4 is 5.32 Å². The summed E-state index contributed by atoms with van der Waals surface area (Å²) in [5, 5.41) is 10.3. The number of H-pyrrole nitrogens is 1. The van der Waals surface area contributed by atoms with Crippen LogP contribution in [0.25, 0.3) is 0 Å². The Morgan fingerprint density at radius 2 is 2.05 bits per heavy atom. The molecular formula is C15H21N5. The van der Waals surface area contributed by atoms with Gasteiger partial charge >= 0.3 is 0 Å². The maximum Gasteiger partial charge on any atom is 0.228 e. The van der Waals surface area contributed by atoms with Gasteiger partial charge in [0.1, 0.15) is 0 Å². The molecule has 0 aliphatic heterocycles. The molecule has 0 radical (unpaired) electrons. The average Bonchev–Trinajstić information content (AvgIpc) is 2.98. The lowest BCUT2D eigenvalue weighted by molar-refractivity contribution is 0.591. The van der Waals surface area contributed by atoms with E-state index in [4.69, 9.17) is 0 Å². The minimum atomic E-state index is 0.577. The van der Waals surface area contributed by atoms with E-state index in [1.165, 1.54) is 19.3 Å². The third-order valence-electron chi connectivity index (χ3n) is 3.93. The average molecular weight is 271 g/mol. The van der Waals surface area contributed by atoms with Gasteiger partial charge in [0, 0.05) is 29.1 Å². The topological polar surface area (TPSA) is 66.5 Å². The molecule has 5 heteroatoms. The van der Waals surface area contributed by atoms with E-state index in [0.717, 1.165) is 28.8 Å². The quantitative estimate of drug-likeness (QED) is 0.897. The molecular weight excluding hydrogens is 250 g/mol. The molecule has 0 amide bonds. The summed E-state index contributed by atoms with van der Waals surface area (Å²) in [6, 6.07) is 4.06. The van der Waals surface area contributed by atoms with Crippen molar-refractivity contribution in [3.63, 3.8) is 0 Å². The second-order valence-electron chi connectivity index (χ2n) is 5.93. The molecule has 2 N–H and O–H groups in total. The Morgan fingerprint density at radius 1 is 1.20 bits per heavy atom. The van der Waals surface area contributed by atoms with Crippen molar-refractivity contribution >= 4 is 11.8 Å². The molecule has 0 bridgehead atoms. The molecule has 2 aromatic rings. The van der Waals surface area contributed by atoms with E-state index in [1.807, 2.05) is 19.9 Å². The molecule has 2 atom stereocenters. The second kappa shape index (κ2) is 5.23. The van der Waals surface area contributed by atoms with Gasteiger partial charge in [0.15, 0.2) is 5.82 Å². The van der Waals surface area contributed by atoms with E-state index in [-0.39, 0.29) is 0 Å². The molecule has 0 aromatic carbocycles. The van der Waals surface area contributed by atoms with Gasteiger partial charge < -0.3 is 5.32 Å². The zero-order chi connectivity index (χ0) is 14.1. The highest BCUT2D eigenvalue weighted by molar-refractivity contribution is 5.48. The van der Waals surface area contributed by atoms with Crippen LogP contribution in [0.2, 0.25) is 0 Å². The van der Waals surface area contributed by atoms with Crippen LogP contribution in [-0.4, -0.2) is 20.2 Å². The maximum absolute atomic E-state index is 4.68. The van der Waals surface area contributed by atoms with E-state index >= 15 is 0 Å². The molecule has 1 saturated carbocycles. The molecule has 1 aliphatic carbocycles. The first-order valence-electron chi connectivity index (χ1n) is 7.25. The van der Waals surface area contributed by atoms with E-state index in [9.17, 15) is 0 Å². The van der Waals surface area contributed by atoms with Crippen LogP contribution in [0.1, 0.15) is 49.2 Å². The predicted octanol–water partition coefficient (Wildman–Crippen LogP) is 3.46. The Kier molecular flexibility index (Phi) is 3.42. The fraction of sp³-hybridized carbons (Fsp3) is 0.533. The van der Waals surface area contributed by atoms with Crippen LogP contribution >= 0.6 is 0 Å². The lowest BCUT2D eigenvalue weighted by Gasteiger charge is -2.11. The SMILES string of the molecule is Cc1cc(C2CCC(C)C2)nc(Nc2cc(C)[nH]n2)n1. The molecule has 2 unspecified atom stereocenters. The minimum absolute atomic E-state index is 0.577. The zero-order valence-electron chi connectivity index (χ0n) is 12.3. The molecule has 20 heavy (non-hydrogen) atoms. The highest BCUT2D eigenvalue weighted by atomic mass is 15.2. The van der Waals surface area contributed by atoms with Gasteiger partial charge in [-0.2, -0.15) is 5.10 Å². The number of hydrogen-bond acceptors (Lipinski definition) is 4. The largest absolute Gasteiger partial charge is 0.307 e. The molecule has 2 heterocycles. The van der Waals surface area contributed by atoms with Crippen molar-refractivity contribution < 1.29 is 0 Å². The fourth-order valence-electron chi connectivity index (χ4n) is 2.93. The summed E-state index contributed by atoms with van der Waals surface area (Å²) in [7, 11) is 0. The number of rotatable bonds is 3. The van der Waals surface area contributed by atoms with E-state index in [2.05, 4.69) is 38.5 Å². The van der Waals surface area contributed by atoms with Crippen molar-refractivity contribution in [3.05, 3.63) is 29.2 Å². The number of aromatic nitrogens is 4. The van der Waals surface area contributed by atoms with Gasteiger partial charge in [0.05, 0.1) is 0 Å². The van der Waals surface area contributed by atoms with Crippen LogP contribution in [0.3, 0.4) is 0 Å². The van der Waals surface area contributed by atoms with Gasteiger partial charge in [-0.1, -0.05) is 13.3 Å². The molecule has 1 aliphatic rings. The summed E-state index contributed by atoms with van der Waals surface area (Å²) in [6.07, 6.45) is 3.77. The Morgan fingerprint density at radius 3 is 2.70 bits per heavy atom. The molecule has 5 nitrogen and oxygen atoms in total. The number of aryl methyl sites for hydroxylation is 2. The lowest BCUT2D eigenvalue weighted by atomic mass is 10.0. The first-order chi connectivity index (χ1) is 9.60. The van der Waals surface area contributed by atoms with Gasteiger partial charge in [-0.25, -0.2) is 9.97 Å². The van der Waals surface area contributed by atoms with Crippen LogP contribution in [-0.2, 0) is 0 Å². The summed E-state index contributed by atoms with van der Waals surface area (Å²) in [5.74, 6) is 2.79. The van der Waals surface area contributed by atoms with Crippen LogP contribution in [0.4, 0.5) is 11.8 Å². The van der Waals surface area contributed by atoms with Gasteiger partial charge in [-0.05, 0) is 38.7 Å². The fourth-order valence-corrected chi connectivity index (χ4v) is 2.93. The van der Waals surface area contributed by atoms with Crippen LogP contribution in [0.15, 0.2) is 12.1 Å². The third-order valence-corrected chi connectivity index (χ3v) is 3.93. The Balaban J connectivity index is 1.83. The smallest absolute Gasteiger partial charge is 0.228 e. The van der Waals surface area contributed by atoms with Gasteiger partial charge in [0.25, 0.3) is 0 Å². The molecule has 2 aromatic heterocycles. The van der Waals surface area contributed by atoms with Crippen LogP contribution in [0.5, 0.6) is 0 Å². The van der Waals surface area contributed by atoms with Crippen LogP contribution in [0, 0.1) is 19.8 Å². The summed E-state index contributed by atoms with van der Waals surface area (Å²) < 4.78 is 0. The highest BCUT2D eigenvalue weighted by Gasteiger charge is 2.24. The molecule has 1 fully saturated rings. The van der Waals surface area contributed by atoms with E-state index in [1.54, 1.807) is 0 Å². The van der Waals surface area contributed by atoms with E-state index < -0.39 is 0 Å². The molecule has 106 valence electrons. The van der Waals surface area contributed by atoms with Crippen molar-refractivity contribution in [1.82, 2.24) is 20.2 Å². The molecule has 0 spiro atoms. The highest BCUT2D eigenvalue weighted by Crippen LogP contribution is 2.37. The van der Waals surface area contributed by atoms with Crippen molar-refractivity contribution in [2.75, 3.05) is 5.32 Å². The van der Waals surface area contributed by atoms with Gasteiger partial charge in [-0.3, -0.25) is 5.10 Å². The maximum atomic E-state index is 4.68. The number of aromatic amines is 1. The first kappa shape index (κ1) is 13.1. The number of hydrogen-bond donors (Lipinski definition) is 2. The lowest BCUT2D eigenvalue weighted by Crippen LogP contribution is -2.05. The zero-order valence-corrected chi connectivity index (χ0v) is 12.3. The van der Waals surface area contributed by atoms with E-state index in [0.29, 0.717) is 11.9 Å². The Hall–Kier alpha value is -1.91. The summed E-state index contributed by atoms with van der Waals surface area (Å²) in [6.45, 7) is 6.31. The summed E-state index contributed by atoms with van der Waals surface area (Å²) >= 11 is 0. The van der Waals surface area contributed by atoms with Crippen molar-refractivity contribution in [1.29, 1.82) is 0 Å². The van der Waals surface area contributed by atoms with Crippen molar-refractivity contribution in [3.8, 4) is 0 Å². The molecule has 3 rings (SSSR count). The van der Waals surface area contributed by atoms with Crippen molar-refractivity contribution in [2.24, 2.45) is 5.92 Å². The third kappa shape index (κ3) is 2.81. The van der Waals surface area contributed by atoms with Crippen molar-refractivity contribution in [2.45, 2.75) is 46.0 Å². The number of anilines is 2. The summed E-state index contributed by atoms with van der Waals surface area (Å²) in [4.78, 5) is 9.13. The first-order valence-corrected chi connectivity index (χ1v) is 7.25. The Bertz CT molecular complexity index is 604. The second-order valence-corrected chi connectivity index (χ2v) is 5.93. The normalized spacial score (nSPS) is 22.1. The summed E-state index contributed by atoms with van der Waals surface area (Å²) in [5.41, 5.74) is 3.19. The standard InChI is InChI=1S/C15H21N5/c1-9-4-5-12(6-9)13-7-10(2)16-15(17-13)18-14-8-11(3)19-20-14/h7-9,12H,4-6H2,1-3H3,(H2,16,17,18,19,20). The minimum Gasteiger partial charge on any atom is -0.307 e. The monoisotopic (exact) mass is 271 g/mol.